The summed E-state index contributed by atoms with van der Waals surface area (Å²) < 4.78 is 0. The summed E-state index contributed by atoms with van der Waals surface area (Å²) in [6.45, 7) is 0. The molecule has 0 bridgehead atoms. The molecule has 0 heterocycles. The molecule has 2 unspecified atom stereocenters. The van der Waals surface area contributed by atoms with Crippen molar-refractivity contribution in [1.82, 2.24) is 0 Å². The van der Waals surface area contributed by atoms with E-state index in [2.05, 4.69) is 0 Å². The van der Waals surface area contributed by atoms with Crippen molar-refractivity contribution in [3.05, 3.63) is 29.8 Å². The topological polar surface area (TPSA) is 90.3 Å². The Balaban J connectivity index is 2.96. The van der Waals surface area contributed by atoms with Gasteiger partial charge in [0.2, 0.25) is 0 Å². The third-order valence-electron chi connectivity index (χ3n) is 1.75. The zero-order valence-corrected chi connectivity index (χ0v) is 6.88. The number of nitriles is 1. The summed E-state index contributed by atoms with van der Waals surface area (Å²) in [7, 11) is 0. The molecule has 0 aliphatic rings. The average molecular weight is 178 g/mol. The Morgan fingerprint density at radius 3 is 2.46 bits per heavy atom. The van der Waals surface area contributed by atoms with Crippen LogP contribution in [0.5, 0.6) is 0 Å². The van der Waals surface area contributed by atoms with E-state index in [9.17, 15) is 5.11 Å². The number of nitrogen functional groups attached to an aromatic ring is 1. The maximum atomic E-state index is 9.42. The summed E-state index contributed by atoms with van der Waals surface area (Å²) in [5, 5.41) is 26.8. The lowest BCUT2D eigenvalue weighted by atomic mass is 10.0. The molecular formula is C9H10N2O2. The van der Waals surface area contributed by atoms with Crippen LogP contribution >= 0.6 is 0 Å². The fourth-order valence-electron chi connectivity index (χ4n) is 1.02. The smallest absolute Gasteiger partial charge is 0.170 e. The zero-order chi connectivity index (χ0) is 9.84. The van der Waals surface area contributed by atoms with Crippen LogP contribution in [0.2, 0.25) is 0 Å². The van der Waals surface area contributed by atoms with Gasteiger partial charge in [-0.05, 0) is 6.07 Å². The molecule has 4 nitrogen and oxygen atoms in total. The molecule has 1 aromatic carbocycles. The highest BCUT2D eigenvalue weighted by Crippen LogP contribution is 2.22. The van der Waals surface area contributed by atoms with Gasteiger partial charge in [-0.25, -0.2) is 0 Å². The lowest BCUT2D eigenvalue weighted by Crippen LogP contribution is -2.16. The molecule has 0 spiro atoms. The Kier molecular flexibility index (Phi) is 2.85. The minimum Gasteiger partial charge on any atom is -0.398 e. The van der Waals surface area contributed by atoms with E-state index in [1.54, 1.807) is 30.3 Å². The third kappa shape index (κ3) is 1.96. The van der Waals surface area contributed by atoms with E-state index in [4.69, 9.17) is 16.1 Å². The minimum atomic E-state index is -1.44. The van der Waals surface area contributed by atoms with Crippen molar-refractivity contribution in [3.8, 4) is 6.07 Å². The monoisotopic (exact) mass is 178 g/mol. The maximum absolute atomic E-state index is 9.42. The van der Waals surface area contributed by atoms with Crippen molar-refractivity contribution in [2.45, 2.75) is 12.2 Å². The summed E-state index contributed by atoms with van der Waals surface area (Å²) in [5.74, 6) is 0. The molecule has 0 saturated heterocycles. The summed E-state index contributed by atoms with van der Waals surface area (Å²) in [5.41, 5.74) is 6.27. The summed E-state index contributed by atoms with van der Waals surface area (Å²) in [6.07, 6.45) is -2.68. The van der Waals surface area contributed by atoms with Crippen LogP contribution in [-0.2, 0) is 0 Å². The number of aliphatic hydroxyl groups is 2. The van der Waals surface area contributed by atoms with Crippen LogP contribution in [0.1, 0.15) is 11.7 Å². The van der Waals surface area contributed by atoms with Gasteiger partial charge in [0.05, 0.1) is 6.07 Å². The standard InChI is InChI=1S/C9H10N2O2/c10-5-8(12)9(13)6-3-1-2-4-7(6)11/h1-4,8-9,12-13H,11H2. The van der Waals surface area contributed by atoms with Crippen LogP contribution in [0.3, 0.4) is 0 Å². The van der Waals surface area contributed by atoms with Crippen molar-refractivity contribution in [2.75, 3.05) is 5.73 Å². The fraction of sp³-hybridized carbons (Fsp3) is 0.222. The quantitative estimate of drug-likeness (QED) is 0.445. The van der Waals surface area contributed by atoms with Crippen LogP contribution in [0, 0.1) is 11.3 Å². The number of anilines is 1. The molecule has 4 N–H and O–H groups in total. The second-order valence-corrected chi connectivity index (χ2v) is 2.65. The van der Waals surface area contributed by atoms with Crippen LogP contribution in [-0.4, -0.2) is 16.3 Å². The highest BCUT2D eigenvalue weighted by molar-refractivity contribution is 5.48. The van der Waals surface area contributed by atoms with Gasteiger partial charge in [0.25, 0.3) is 0 Å². The van der Waals surface area contributed by atoms with E-state index >= 15 is 0 Å². The molecule has 0 saturated carbocycles. The second kappa shape index (κ2) is 3.90. The molecule has 2 atom stereocenters. The van der Waals surface area contributed by atoms with Crippen LogP contribution < -0.4 is 5.73 Å². The Labute approximate surface area is 75.8 Å². The van der Waals surface area contributed by atoms with Crippen molar-refractivity contribution in [2.24, 2.45) is 0 Å². The minimum absolute atomic E-state index is 0.365. The predicted octanol–water partition coefficient (Wildman–Crippen LogP) is 0.187. The van der Waals surface area contributed by atoms with Gasteiger partial charge in [-0.15, -0.1) is 0 Å². The Morgan fingerprint density at radius 1 is 1.31 bits per heavy atom. The van der Waals surface area contributed by atoms with E-state index in [1.165, 1.54) is 0 Å². The van der Waals surface area contributed by atoms with Gasteiger partial charge in [-0.2, -0.15) is 5.26 Å². The molecule has 68 valence electrons. The molecular weight excluding hydrogens is 168 g/mol. The van der Waals surface area contributed by atoms with Crippen molar-refractivity contribution in [1.29, 1.82) is 5.26 Å². The predicted molar refractivity (Wildman–Crippen MR) is 47.4 cm³/mol. The lowest BCUT2D eigenvalue weighted by molar-refractivity contribution is 0.0533. The first-order valence-electron chi connectivity index (χ1n) is 3.77. The summed E-state index contributed by atoms with van der Waals surface area (Å²) >= 11 is 0. The number of nitrogens with zero attached hydrogens (tertiary/aromatic N) is 1. The molecule has 4 heteroatoms. The van der Waals surface area contributed by atoms with Gasteiger partial charge in [0.1, 0.15) is 6.10 Å². The molecule has 0 amide bonds. The van der Waals surface area contributed by atoms with E-state index in [0.717, 1.165) is 0 Å². The van der Waals surface area contributed by atoms with Gasteiger partial charge >= 0.3 is 0 Å². The second-order valence-electron chi connectivity index (χ2n) is 2.65. The fourth-order valence-corrected chi connectivity index (χ4v) is 1.02. The SMILES string of the molecule is N#CC(O)C(O)c1ccccc1N. The highest BCUT2D eigenvalue weighted by Gasteiger charge is 2.18. The molecule has 1 rings (SSSR count). The molecule has 0 aliphatic carbocycles. The van der Waals surface area contributed by atoms with Crippen LogP contribution in [0.4, 0.5) is 5.69 Å². The number of benzene rings is 1. The number of hydrogen-bond acceptors (Lipinski definition) is 4. The van der Waals surface area contributed by atoms with Gasteiger partial charge in [0.15, 0.2) is 6.10 Å². The van der Waals surface area contributed by atoms with E-state index < -0.39 is 12.2 Å². The number of rotatable bonds is 2. The Hall–Kier alpha value is -1.57. The van der Waals surface area contributed by atoms with E-state index in [1.807, 2.05) is 0 Å². The van der Waals surface area contributed by atoms with Gasteiger partial charge in [-0.3, -0.25) is 0 Å². The number of para-hydroxylation sites is 1. The average Bonchev–Trinajstić information content (AvgIpc) is 2.16. The molecule has 0 fully saturated rings. The van der Waals surface area contributed by atoms with Gasteiger partial charge in [0, 0.05) is 11.3 Å². The number of nitrogens with two attached hydrogens (primary N) is 1. The van der Waals surface area contributed by atoms with Crippen molar-refractivity contribution < 1.29 is 10.2 Å². The third-order valence-corrected chi connectivity index (χ3v) is 1.75. The van der Waals surface area contributed by atoms with Crippen LogP contribution in [0.25, 0.3) is 0 Å². The largest absolute Gasteiger partial charge is 0.398 e. The molecule has 0 aromatic heterocycles. The number of hydrogen-bond donors (Lipinski definition) is 3. The summed E-state index contributed by atoms with van der Waals surface area (Å²) in [4.78, 5) is 0. The Bertz CT molecular complexity index is 333. The molecule has 0 aliphatic heterocycles. The molecule has 0 radical (unpaired) electrons. The lowest BCUT2D eigenvalue weighted by Gasteiger charge is -2.13. The molecule has 13 heavy (non-hydrogen) atoms. The maximum Gasteiger partial charge on any atom is 0.170 e. The Morgan fingerprint density at radius 2 is 1.92 bits per heavy atom. The normalized spacial score (nSPS) is 14.5. The number of aliphatic hydroxyl groups excluding tert-OH is 2. The van der Waals surface area contributed by atoms with E-state index in [0.29, 0.717) is 11.3 Å². The summed E-state index contributed by atoms with van der Waals surface area (Å²) in [6, 6.07) is 8.10. The first-order chi connectivity index (χ1) is 6.16. The molecule has 1 aromatic rings. The van der Waals surface area contributed by atoms with Crippen molar-refractivity contribution >= 4 is 5.69 Å². The van der Waals surface area contributed by atoms with Gasteiger partial charge in [-0.1, -0.05) is 18.2 Å². The van der Waals surface area contributed by atoms with Crippen LogP contribution in [0.15, 0.2) is 24.3 Å². The van der Waals surface area contributed by atoms with E-state index in [-0.39, 0.29) is 0 Å². The van der Waals surface area contributed by atoms with Gasteiger partial charge < -0.3 is 15.9 Å². The first kappa shape index (κ1) is 9.52. The highest BCUT2D eigenvalue weighted by atomic mass is 16.3. The zero-order valence-electron chi connectivity index (χ0n) is 6.88. The first-order valence-corrected chi connectivity index (χ1v) is 3.77. The van der Waals surface area contributed by atoms with Crippen molar-refractivity contribution in [3.63, 3.8) is 0 Å².